The van der Waals surface area contributed by atoms with E-state index in [1.54, 1.807) is 0 Å². The number of halogens is 3. The maximum Gasteiger partial charge on any atom is -1.00 e. The van der Waals surface area contributed by atoms with Crippen molar-refractivity contribution < 1.29 is 57.7 Å². The van der Waals surface area contributed by atoms with Gasteiger partial charge >= 0.3 is 295 Å². The summed E-state index contributed by atoms with van der Waals surface area (Å²) in [6.45, 7) is 9.68. The SMILES string of the molecule is CC1=C(C)C(C)([Si](c2ccccc2-c2ccccc2)(c2ccccc2-c2ccccc2)c2ccccc2-c2ccccc2)[C]([Ti+3])=C1C.[Cl-].[Cl-].[Cl-]. The molecule has 0 saturated heterocycles. The first-order chi connectivity index (χ1) is 22.9. The largest absolute Gasteiger partial charge is 1.00 e. The first kappa shape index (κ1) is 39.4. The van der Waals surface area contributed by atoms with Crippen LogP contribution >= 0.6 is 0 Å². The van der Waals surface area contributed by atoms with E-state index in [0.717, 1.165) is 0 Å². The third kappa shape index (κ3) is 6.24. The Labute approximate surface area is 329 Å². The molecule has 0 radical (unpaired) electrons. The van der Waals surface area contributed by atoms with Gasteiger partial charge in [-0.15, -0.1) is 0 Å². The van der Waals surface area contributed by atoms with Crippen LogP contribution in [0.3, 0.4) is 0 Å². The van der Waals surface area contributed by atoms with Crippen molar-refractivity contribution >= 4 is 23.6 Å². The van der Waals surface area contributed by atoms with Crippen LogP contribution in [0.2, 0.25) is 5.04 Å². The molecule has 248 valence electrons. The number of rotatable bonds is 7. The smallest absolute Gasteiger partial charge is 1.00 e. The third-order valence-corrected chi connectivity index (χ3v) is 18.4. The summed E-state index contributed by atoms with van der Waals surface area (Å²) in [7, 11) is -3.12. The third-order valence-electron chi connectivity index (χ3n) is 10.7. The minimum Gasteiger partial charge on any atom is -1.00 e. The molecule has 0 bridgehead atoms. The van der Waals surface area contributed by atoms with E-state index >= 15 is 0 Å². The van der Waals surface area contributed by atoms with Crippen molar-refractivity contribution in [2.75, 3.05) is 0 Å². The van der Waals surface area contributed by atoms with Gasteiger partial charge in [0, 0.05) is 0 Å². The summed E-state index contributed by atoms with van der Waals surface area (Å²) in [5, 5.41) is 4.08. The van der Waals surface area contributed by atoms with Crippen molar-refractivity contribution in [3.63, 3.8) is 0 Å². The van der Waals surface area contributed by atoms with E-state index in [9.17, 15) is 0 Å². The van der Waals surface area contributed by atoms with E-state index in [4.69, 9.17) is 0 Å². The van der Waals surface area contributed by atoms with Crippen molar-refractivity contribution in [3.05, 3.63) is 184 Å². The minimum absolute atomic E-state index is 0. The Morgan fingerprint density at radius 3 is 0.960 bits per heavy atom. The van der Waals surface area contributed by atoms with Crippen LogP contribution in [0.5, 0.6) is 0 Å². The van der Waals surface area contributed by atoms with Gasteiger partial charge in [-0.05, 0) is 0 Å². The molecule has 5 heteroatoms. The molecule has 50 heavy (non-hydrogen) atoms. The summed E-state index contributed by atoms with van der Waals surface area (Å²) in [5.74, 6) is 0. The molecule has 0 heterocycles. The molecule has 0 nitrogen and oxygen atoms in total. The summed E-state index contributed by atoms with van der Waals surface area (Å²) >= 11 is 2.42. The fraction of sp³-hybridized carbons (Fsp3) is 0.111. The molecule has 1 aliphatic carbocycles. The average Bonchev–Trinajstić information content (AvgIpc) is 3.29. The van der Waals surface area contributed by atoms with Crippen LogP contribution < -0.4 is 52.8 Å². The van der Waals surface area contributed by atoms with Gasteiger partial charge in [-0.3, -0.25) is 0 Å². The zero-order valence-electron chi connectivity index (χ0n) is 28.7. The Hall–Kier alpha value is -3.40. The second-order valence-electron chi connectivity index (χ2n) is 12.9. The fourth-order valence-electron chi connectivity index (χ4n) is 8.16. The summed E-state index contributed by atoms with van der Waals surface area (Å²) < 4.78 is 1.48. The summed E-state index contributed by atoms with van der Waals surface area (Å²) in [5.41, 5.74) is 12.0. The van der Waals surface area contributed by atoms with Gasteiger partial charge in [0.15, 0.2) is 0 Å². The molecule has 6 aromatic rings. The van der Waals surface area contributed by atoms with Gasteiger partial charge in [0.25, 0.3) is 0 Å². The first-order valence-corrected chi connectivity index (χ1v) is 19.2. The fourth-order valence-corrected chi connectivity index (χ4v) is 16.4. The van der Waals surface area contributed by atoms with Crippen molar-refractivity contribution in [2.45, 2.75) is 32.7 Å². The molecular formula is C45H39Cl3SiTi. The maximum atomic E-state index is 2.58. The van der Waals surface area contributed by atoms with Crippen LogP contribution in [0.1, 0.15) is 27.7 Å². The molecule has 0 amide bonds. The van der Waals surface area contributed by atoms with Gasteiger partial charge in [0.2, 0.25) is 0 Å². The van der Waals surface area contributed by atoms with Gasteiger partial charge in [-0.2, -0.15) is 0 Å². The molecule has 0 N–H and O–H groups in total. The summed E-state index contributed by atoms with van der Waals surface area (Å²) in [6, 6.07) is 61.0. The van der Waals surface area contributed by atoms with Crippen LogP contribution in [-0.2, 0) is 20.4 Å². The predicted molar refractivity (Wildman–Crippen MR) is 200 cm³/mol. The molecule has 0 spiro atoms. The standard InChI is InChI=1S/C45H39Si.3ClH.Ti/c1-33-32-45(4,35(3)34(33)2)46(42-29-17-14-26-39(42)36-20-8-5-9-21-36,43-30-18-15-27-40(43)37-22-10-6-11-23-37)44-31-19-16-28-41(44)38-24-12-7-13-25-38;;;;/h5-31H,1-4H3;3*1H;/q;;;;+3/p-3. The van der Waals surface area contributed by atoms with E-state index in [1.165, 1.54) is 69.5 Å². The number of allylic oxidation sites excluding steroid dienone is 4. The zero-order valence-corrected chi connectivity index (χ0v) is 33.6. The topological polar surface area (TPSA) is 0 Å². The number of benzene rings is 6. The van der Waals surface area contributed by atoms with Crippen molar-refractivity contribution in [1.82, 2.24) is 0 Å². The Kier molecular flexibility index (Phi) is 12.8. The van der Waals surface area contributed by atoms with Crippen molar-refractivity contribution in [3.8, 4) is 33.4 Å². The van der Waals surface area contributed by atoms with Gasteiger partial charge in [0.05, 0.1) is 0 Å². The van der Waals surface area contributed by atoms with Crippen LogP contribution in [-0.4, -0.2) is 8.07 Å². The maximum absolute atomic E-state index is 3.12. The molecule has 7 rings (SSSR count). The Morgan fingerprint density at radius 2 is 0.680 bits per heavy atom. The van der Waals surface area contributed by atoms with Gasteiger partial charge in [-0.1, -0.05) is 0 Å². The molecule has 1 aliphatic rings. The van der Waals surface area contributed by atoms with E-state index in [0.29, 0.717) is 0 Å². The van der Waals surface area contributed by atoms with Gasteiger partial charge in [0.1, 0.15) is 0 Å². The Bertz CT molecular complexity index is 1920. The monoisotopic (exact) mass is 760 g/mol. The van der Waals surface area contributed by atoms with Crippen molar-refractivity contribution in [2.24, 2.45) is 0 Å². The Balaban J connectivity index is 0.00000187. The van der Waals surface area contributed by atoms with Crippen LogP contribution in [0.15, 0.2) is 184 Å². The first-order valence-electron chi connectivity index (χ1n) is 16.5. The second-order valence-corrected chi connectivity index (χ2v) is 17.8. The molecule has 1 atom stereocenters. The van der Waals surface area contributed by atoms with E-state index in [2.05, 4.69) is 212 Å². The molecule has 0 aliphatic heterocycles. The van der Waals surface area contributed by atoms with Crippen molar-refractivity contribution in [1.29, 1.82) is 0 Å². The molecule has 0 fully saturated rings. The van der Waals surface area contributed by atoms with E-state index in [1.807, 2.05) is 0 Å². The Morgan fingerprint density at radius 1 is 0.400 bits per heavy atom. The predicted octanol–water partition coefficient (Wildman–Crippen LogP) is 1.10. The van der Waals surface area contributed by atoms with Crippen LogP contribution in [0.4, 0.5) is 0 Å². The summed E-state index contributed by atoms with van der Waals surface area (Å²) in [6.07, 6.45) is 0. The molecule has 1 unspecified atom stereocenters. The molecular weight excluding hydrogens is 723 g/mol. The zero-order chi connectivity index (χ0) is 32.6. The minimum atomic E-state index is -3.12. The molecule has 0 aromatic heterocycles. The molecule has 0 saturated carbocycles. The molecule has 6 aromatic carbocycles. The quantitative estimate of drug-likeness (QED) is 0.169. The average molecular weight is 762 g/mol. The number of hydrogen-bond acceptors (Lipinski definition) is 0. The summed E-state index contributed by atoms with van der Waals surface area (Å²) in [4.78, 5) is 0. The second kappa shape index (κ2) is 16.3. The van der Waals surface area contributed by atoms with Gasteiger partial charge in [-0.25, -0.2) is 0 Å². The van der Waals surface area contributed by atoms with E-state index < -0.39 is 8.07 Å². The van der Waals surface area contributed by atoms with Crippen LogP contribution in [0, 0.1) is 0 Å². The van der Waals surface area contributed by atoms with E-state index in [-0.39, 0.29) is 42.3 Å². The number of hydrogen-bond donors (Lipinski definition) is 0. The van der Waals surface area contributed by atoms with Crippen LogP contribution in [0.25, 0.3) is 33.4 Å². The van der Waals surface area contributed by atoms with Gasteiger partial charge < -0.3 is 37.2 Å². The normalized spacial score (nSPS) is 15.6.